The molecule has 1 saturated heterocycles. The molecule has 0 saturated carbocycles. The minimum absolute atomic E-state index is 0.0128. The zero-order valence-electron chi connectivity index (χ0n) is 27.6. The summed E-state index contributed by atoms with van der Waals surface area (Å²) in [5.74, 6) is 0.0431. The summed E-state index contributed by atoms with van der Waals surface area (Å²) in [5, 5.41) is 36.5. The molecule has 1 fully saturated rings. The Kier molecular flexibility index (Phi) is 11.4. The molecular weight excluding hydrogens is 620 g/mol. The van der Waals surface area contributed by atoms with Gasteiger partial charge < -0.3 is 24.7 Å². The van der Waals surface area contributed by atoms with Gasteiger partial charge in [0.05, 0.1) is 31.1 Å². The van der Waals surface area contributed by atoms with Crippen molar-refractivity contribution < 1.29 is 34.1 Å². The third-order valence-corrected chi connectivity index (χ3v) is 7.65. The highest BCUT2D eigenvalue weighted by molar-refractivity contribution is 5.97. The van der Waals surface area contributed by atoms with E-state index >= 15 is 0 Å². The van der Waals surface area contributed by atoms with E-state index in [1.807, 2.05) is 59.0 Å². The van der Waals surface area contributed by atoms with Gasteiger partial charge in [-0.2, -0.15) is 9.59 Å². The summed E-state index contributed by atoms with van der Waals surface area (Å²) >= 11 is 0. The zero-order valence-corrected chi connectivity index (χ0v) is 27.6. The number of amides is 2. The SMILES string of the molecule is C[C@H](CO)n1cc(-c2cc(C(=O)N3CCN(C(=O)OC(C)(C)C)CC3)cc(-c3cn([C@H](C)Cc4ccc(O)cc4)nn3)c2)nn1.O=C=O. The fourth-order valence-corrected chi connectivity index (χ4v) is 5.05. The molecule has 48 heavy (non-hydrogen) atoms. The number of rotatable bonds is 8. The number of hydrogen-bond acceptors (Lipinski definition) is 11. The van der Waals surface area contributed by atoms with Crippen LogP contribution in [0.2, 0.25) is 0 Å². The molecule has 0 spiro atoms. The van der Waals surface area contributed by atoms with Gasteiger partial charge in [0.25, 0.3) is 5.91 Å². The summed E-state index contributed by atoms with van der Waals surface area (Å²) in [4.78, 5) is 46.0. The highest BCUT2D eigenvalue weighted by Crippen LogP contribution is 2.29. The Morgan fingerprint density at radius 1 is 0.854 bits per heavy atom. The van der Waals surface area contributed by atoms with E-state index in [1.54, 1.807) is 49.6 Å². The summed E-state index contributed by atoms with van der Waals surface area (Å²) in [6, 6.07) is 12.3. The van der Waals surface area contributed by atoms with Gasteiger partial charge in [0.2, 0.25) is 0 Å². The largest absolute Gasteiger partial charge is 0.508 e. The van der Waals surface area contributed by atoms with Crippen LogP contribution in [-0.2, 0) is 20.7 Å². The first kappa shape index (κ1) is 35.5. The Morgan fingerprint density at radius 2 is 1.35 bits per heavy atom. The maximum atomic E-state index is 13.8. The summed E-state index contributed by atoms with van der Waals surface area (Å²) in [5.41, 5.74) is 3.41. The minimum Gasteiger partial charge on any atom is -0.508 e. The van der Waals surface area contributed by atoms with Crippen molar-refractivity contribution in [1.29, 1.82) is 0 Å². The number of ether oxygens (including phenoxy) is 1. The molecule has 15 heteroatoms. The lowest BCUT2D eigenvalue weighted by atomic mass is 10.0. The first-order valence-corrected chi connectivity index (χ1v) is 15.5. The number of aliphatic hydroxyl groups excluding tert-OH is 1. The number of aromatic nitrogens is 6. The van der Waals surface area contributed by atoms with E-state index in [1.165, 1.54) is 0 Å². The van der Waals surface area contributed by atoms with Crippen molar-refractivity contribution in [1.82, 2.24) is 39.8 Å². The molecule has 3 heterocycles. The van der Waals surface area contributed by atoms with Crippen LogP contribution < -0.4 is 0 Å². The topological polar surface area (TPSA) is 186 Å². The molecule has 4 aromatic rings. The second-order valence-electron chi connectivity index (χ2n) is 12.6. The van der Waals surface area contributed by atoms with Crippen molar-refractivity contribution in [3.05, 3.63) is 66.0 Å². The minimum atomic E-state index is -0.594. The molecule has 0 unspecified atom stereocenters. The molecule has 0 bridgehead atoms. The van der Waals surface area contributed by atoms with Crippen molar-refractivity contribution >= 4 is 18.2 Å². The third kappa shape index (κ3) is 9.11. The Hall–Kier alpha value is -5.40. The van der Waals surface area contributed by atoms with Gasteiger partial charge in [-0.15, -0.1) is 10.2 Å². The van der Waals surface area contributed by atoms with E-state index in [0.29, 0.717) is 60.7 Å². The molecular formula is C33H40N8O7. The van der Waals surface area contributed by atoms with Crippen LogP contribution in [0.15, 0.2) is 54.9 Å². The van der Waals surface area contributed by atoms with Crippen LogP contribution in [0.3, 0.4) is 0 Å². The maximum absolute atomic E-state index is 13.8. The van der Waals surface area contributed by atoms with Crippen LogP contribution in [0.1, 0.15) is 62.6 Å². The van der Waals surface area contributed by atoms with Crippen LogP contribution >= 0.6 is 0 Å². The van der Waals surface area contributed by atoms with Crippen molar-refractivity contribution in [3.63, 3.8) is 0 Å². The number of piperazine rings is 1. The van der Waals surface area contributed by atoms with Gasteiger partial charge in [0, 0.05) is 42.9 Å². The van der Waals surface area contributed by atoms with Gasteiger partial charge in [-0.05, 0) is 76.9 Å². The standard InChI is InChI=1S/C32H40N8O5.CO2/c1-21(14-23-6-8-27(42)9-7-23)39-18-28(33-35-39)24-15-25(29-19-40(36-34-29)22(2)20-41)17-26(16-24)30(43)37-10-12-38(13-11-37)31(44)45-32(3,4)5;2-1-3/h6-9,15-19,21-22,41-42H,10-14,20H2,1-5H3;/t21-,22-;/m1./s1. The lowest BCUT2D eigenvalue weighted by Gasteiger charge is -2.35. The predicted octanol–water partition coefficient (Wildman–Crippen LogP) is 3.38. The van der Waals surface area contributed by atoms with Gasteiger partial charge in [-0.3, -0.25) is 4.79 Å². The Morgan fingerprint density at radius 3 is 1.85 bits per heavy atom. The lowest BCUT2D eigenvalue weighted by molar-refractivity contribution is -0.191. The molecule has 1 aliphatic heterocycles. The number of hydrogen-bond donors (Lipinski definition) is 2. The molecule has 2 N–H and O–H groups in total. The number of nitrogens with zero attached hydrogens (tertiary/aromatic N) is 8. The number of benzene rings is 2. The van der Waals surface area contributed by atoms with E-state index in [2.05, 4.69) is 20.6 Å². The van der Waals surface area contributed by atoms with Crippen LogP contribution in [0.25, 0.3) is 22.5 Å². The fourth-order valence-electron chi connectivity index (χ4n) is 5.05. The van der Waals surface area contributed by atoms with Gasteiger partial charge in [0.15, 0.2) is 0 Å². The van der Waals surface area contributed by atoms with E-state index in [9.17, 15) is 19.8 Å². The normalized spacial score (nSPS) is 14.4. The quantitative estimate of drug-likeness (QED) is 0.282. The van der Waals surface area contributed by atoms with Crippen molar-refractivity contribution in [3.8, 4) is 28.3 Å². The number of aromatic hydroxyl groups is 1. The van der Waals surface area contributed by atoms with Crippen LogP contribution in [0.5, 0.6) is 5.75 Å². The van der Waals surface area contributed by atoms with Crippen molar-refractivity contribution in [2.45, 2.75) is 58.7 Å². The number of phenolic OH excluding ortho intramolecular Hbond substituents is 1. The van der Waals surface area contributed by atoms with E-state index in [4.69, 9.17) is 14.3 Å². The van der Waals surface area contributed by atoms with Crippen LogP contribution in [0, 0.1) is 0 Å². The van der Waals surface area contributed by atoms with E-state index in [0.717, 1.165) is 5.56 Å². The fraction of sp³-hybridized carbons (Fsp3) is 0.424. The molecule has 2 aromatic carbocycles. The van der Waals surface area contributed by atoms with Crippen molar-refractivity contribution in [2.75, 3.05) is 32.8 Å². The predicted molar refractivity (Wildman–Crippen MR) is 172 cm³/mol. The molecule has 2 amide bonds. The number of carbonyl (C=O) groups excluding carboxylic acids is 4. The molecule has 0 aliphatic carbocycles. The Labute approximate surface area is 277 Å². The molecule has 5 rings (SSSR count). The smallest absolute Gasteiger partial charge is 0.410 e. The maximum Gasteiger partial charge on any atom is 0.410 e. The summed E-state index contributed by atoms with van der Waals surface area (Å²) < 4.78 is 8.87. The summed E-state index contributed by atoms with van der Waals surface area (Å²) in [6.07, 6.45) is 4.14. The van der Waals surface area contributed by atoms with Crippen LogP contribution in [0.4, 0.5) is 4.79 Å². The Balaban J connectivity index is 0.00000167. The monoisotopic (exact) mass is 660 g/mol. The first-order valence-electron chi connectivity index (χ1n) is 15.5. The Bertz CT molecular complexity index is 1730. The molecule has 254 valence electrons. The number of phenols is 1. The van der Waals surface area contributed by atoms with Gasteiger partial charge in [-0.25, -0.2) is 14.2 Å². The van der Waals surface area contributed by atoms with Gasteiger partial charge >= 0.3 is 12.2 Å². The van der Waals surface area contributed by atoms with Gasteiger partial charge in [-0.1, -0.05) is 22.6 Å². The average molecular weight is 661 g/mol. The summed E-state index contributed by atoms with van der Waals surface area (Å²) in [6.45, 7) is 10.7. The van der Waals surface area contributed by atoms with Gasteiger partial charge in [0.1, 0.15) is 22.7 Å². The van der Waals surface area contributed by atoms with Crippen molar-refractivity contribution in [2.24, 2.45) is 0 Å². The summed E-state index contributed by atoms with van der Waals surface area (Å²) in [7, 11) is 0. The molecule has 1 aliphatic rings. The van der Waals surface area contributed by atoms with E-state index < -0.39 is 5.60 Å². The third-order valence-electron chi connectivity index (χ3n) is 7.65. The highest BCUT2D eigenvalue weighted by atomic mass is 16.6. The molecule has 15 nitrogen and oxygen atoms in total. The lowest BCUT2D eigenvalue weighted by Crippen LogP contribution is -2.51. The molecule has 2 atom stereocenters. The molecule has 0 radical (unpaired) electrons. The second kappa shape index (κ2) is 15.5. The number of carbonyl (C=O) groups is 2. The van der Waals surface area contributed by atoms with E-state index in [-0.39, 0.29) is 42.6 Å². The second-order valence-corrected chi connectivity index (χ2v) is 12.6. The average Bonchev–Trinajstić information content (AvgIpc) is 3.76. The first-order chi connectivity index (χ1) is 22.8. The highest BCUT2D eigenvalue weighted by Gasteiger charge is 2.29. The number of aliphatic hydroxyl groups is 1. The zero-order chi connectivity index (χ0) is 35.0. The van der Waals surface area contributed by atoms with Crippen LogP contribution in [-0.4, -0.2) is 107 Å². The molecule has 2 aromatic heterocycles.